The second kappa shape index (κ2) is 7.12. The molecule has 25 heavy (non-hydrogen) atoms. The first-order chi connectivity index (χ1) is 12.1. The maximum absolute atomic E-state index is 12.1. The van der Waals surface area contributed by atoms with Crippen LogP contribution in [-0.4, -0.2) is 25.9 Å². The third kappa shape index (κ3) is 3.82. The van der Waals surface area contributed by atoms with Gasteiger partial charge in [-0.1, -0.05) is 6.07 Å². The summed E-state index contributed by atoms with van der Waals surface area (Å²) < 4.78 is 15.2. The van der Waals surface area contributed by atoms with Gasteiger partial charge in [0, 0.05) is 5.69 Å². The molecule has 1 aliphatic heterocycles. The Morgan fingerprint density at radius 2 is 1.80 bits per heavy atom. The Balaban J connectivity index is 1.59. The van der Waals surface area contributed by atoms with E-state index in [4.69, 9.17) is 9.47 Å². The maximum atomic E-state index is 12.1. The lowest BCUT2D eigenvalue weighted by Crippen LogP contribution is -2.31. The molecule has 0 radical (unpaired) electrons. The largest absolute Gasteiger partial charge is 0.465 e. The number of carbonyl (C=O) groups is 2. The molecule has 2 amide bonds. The summed E-state index contributed by atoms with van der Waals surface area (Å²) in [6, 6.07) is 11.4. The highest BCUT2D eigenvalue weighted by molar-refractivity contribution is 5.92. The van der Waals surface area contributed by atoms with Crippen molar-refractivity contribution in [1.29, 1.82) is 0 Å². The number of methoxy groups -OCH3 is 1. The molecular weight excluding hydrogens is 324 g/mol. The Morgan fingerprint density at radius 3 is 2.52 bits per heavy atom. The van der Waals surface area contributed by atoms with Crippen molar-refractivity contribution < 1.29 is 23.8 Å². The first kappa shape index (κ1) is 16.6. The summed E-state index contributed by atoms with van der Waals surface area (Å²) in [5, 5.41) is 5.57. The molecule has 7 nitrogen and oxygen atoms in total. The van der Waals surface area contributed by atoms with E-state index in [0.29, 0.717) is 22.7 Å². The Kier molecular flexibility index (Phi) is 4.74. The van der Waals surface area contributed by atoms with E-state index < -0.39 is 5.97 Å². The van der Waals surface area contributed by atoms with Crippen LogP contribution in [0, 0.1) is 0 Å². The van der Waals surface area contributed by atoms with E-state index >= 15 is 0 Å². The molecule has 1 aliphatic rings. The fourth-order valence-corrected chi connectivity index (χ4v) is 2.44. The average Bonchev–Trinajstić information content (AvgIpc) is 3.09. The van der Waals surface area contributed by atoms with Gasteiger partial charge in [-0.05, 0) is 48.9 Å². The molecule has 1 heterocycles. The van der Waals surface area contributed by atoms with Gasteiger partial charge in [0.25, 0.3) is 0 Å². The van der Waals surface area contributed by atoms with Crippen molar-refractivity contribution in [1.82, 2.24) is 5.32 Å². The van der Waals surface area contributed by atoms with Crippen LogP contribution in [0.5, 0.6) is 11.5 Å². The summed E-state index contributed by atoms with van der Waals surface area (Å²) in [5.74, 6) is 0.948. The minimum absolute atomic E-state index is 0.211. The average molecular weight is 342 g/mol. The first-order valence-electron chi connectivity index (χ1n) is 7.72. The second-order valence-electron chi connectivity index (χ2n) is 5.50. The minimum Gasteiger partial charge on any atom is -0.465 e. The Morgan fingerprint density at radius 1 is 1.08 bits per heavy atom. The molecule has 0 aromatic heterocycles. The van der Waals surface area contributed by atoms with Crippen molar-refractivity contribution in [3.63, 3.8) is 0 Å². The number of carbonyl (C=O) groups excluding carboxylic acids is 2. The van der Waals surface area contributed by atoms with Gasteiger partial charge in [-0.25, -0.2) is 9.59 Å². The van der Waals surface area contributed by atoms with Gasteiger partial charge in [0.2, 0.25) is 6.79 Å². The van der Waals surface area contributed by atoms with Crippen molar-refractivity contribution in [2.45, 2.75) is 13.0 Å². The lowest BCUT2D eigenvalue weighted by atomic mass is 10.1. The number of hydrogen-bond acceptors (Lipinski definition) is 5. The molecule has 2 N–H and O–H groups in total. The lowest BCUT2D eigenvalue weighted by Gasteiger charge is -2.15. The summed E-state index contributed by atoms with van der Waals surface area (Å²) >= 11 is 0. The van der Waals surface area contributed by atoms with Gasteiger partial charge in [0.1, 0.15) is 0 Å². The fourth-order valence-electron chi connectivity index (χ4n) is 2.44. The molecular formula is C18H18N2O5. The number of hydrogen-bond donors (Lipinski definition) is 2. The standard InChI is InChI=1S/C18H18N2O5/c1-11(13-5-8-15-16(9-13)25-10-24-15)19-18(22)20-14-6-3-12(4-7-14)17(21)23-2/h3-9,11H,10H2,1-2H3,(H2,19,20,22)/t11-/m0/s1. The van der Waals surface area contributed by atoms with Crippen LogP contribution < -0.4 is 20.1 Å². The zero-order valence-corrected chi connectivity index (χ0v) is 13.9. The van der Waals surface area contributed by atoms with E-state index in [9.17, 15) is 9.59 Å². The molecule has 2 aromatic carbocycles. The summed E-state index contributed by atoms with van der Waals surface area (Å²) in [4.78, 5) is 23.5. The Labute approximate surface area is 144 Å². The van der Waals surface area contributed by atoms with Gasteiger partial charge in [-0.2, -0.15) is 0 Å². The molecule has 7 heteroatoms. The number of ether oxygens (including phenoxy) is 3. The number of nitrogens with one attached hydrogen (secondary N) is 2. The number of amides is 2. The molecule has 0 spiro atoms. The molecule has 0 fully saturated rings. The van der Waals surface area contributed by atoms with E-state index in [1.165, 1.54) is 7.11 Å². The number of benzene rings is 2. The van der Waals surface area contributed by atoms with Gasteiger partial charge in [0.05, 0.1) is 18.7 Å². The van der Waals surface area contributed by atoms with Crippen LogP contribution in [0.4, 0.5) is 10.5 Å². The molecule has 0 unspecified atom stereocenters. The summed E-state index contributed by atoms with van der Waals surface area (Å²) in [6.45, 7) is 2.08. The monoisotopic (exact) mass is 342 g/mol. The topological polar surface area (TPSA) is 85.9 Å². The second-order valence-corrected chi connectivity index (χ2v) is 5.50. The summed E-state index contributed by atoms with van der Waals surface area (Å²) in [7, 11) is 1.32. The van der Waals surface area contributed by atoms with Gasteiger partial charge in [0.15, 0.2) is 11.5 Å². The van der Waals surface area contributed by atoms with Crippen LogP contribution in [0.15, 0.2) is 42.5 Å². The van der Waals surface area contributed by atoms with Crippen molar-refractivity contribution >= 4 is 17.7 Å². The maximum Gasteiger partial charge on any atom is 0.337 e. The molecule has 3 rings (SSSR count). The van der Waals surface area contributed by atoms with Crippen LogP contribution in [0.25, 0.3) is 0 Å². The molecule has 0 saturated carbocycles. The minimum atomic E-state index is -0.424. The van der Waals surface area contributed by atoms with E-state index in [-0.39, 0.29) is 18.9 Å². The molecule has 130 valence electrons. The van der Waals surface area contributed by atoms with Crippen LogP contribution in [-0.2, 0) is 4.74 Å². The molecule has 0 saturated heterocycles. The van der Waals surface area contributed by atoms with Crippen LogP contribution in [0.3, 0.4) is 0 Å². The zero-order chi connectivity index (χ0) is 17.8. The number of fused-ring (bicyclic) bond motifs is 1. The fraction of sp³-hybridized carbons (Fsp3) is 0.222. The predicted molar refractivity (Wildman–Crippen MR) is 90.9 cm³/mol. The molecule has 1 atom stereocenters. The van der Waals surface area contributed by atoms with E-state index in [2.05, 4.69) is 15.4 Å². The van der Waals surface area contributed by atoms with Gasteiger partial charge in [-0.3, -0.25) is 0 Å². The number of rotatable bonds is 4. The van der Waals surface area contributed by atoms with Crippen LogP contribution in [0.2, 0.25) is 0 Å². The highest BCUT2D eigenvalue weighted by Gasteiger charge is 2.17. The lowest BCUT2D eigenvalue weighted by molar-refractivity contribution is 0.0600. The summed E-state index contributed by atoms with van der Waals surface area (Å²) in [5.41, 5.74) is 1.89. The first-order valence-corrected chi connectivity index (χ1v) is 7.72. The number of anilines is 1. The highest BCUT2D eigenvalue weighted by Crippen LogP contribution is 2.34. The highest BCUT2D eigenvalue weighted by atomic mass is 16.7. The SMILES string of the molecule is COC(=O)c1ccc(NC(=O)N[C@@H](C)c2ccc3c(c2)OCO3)cc1. The molecule has 0 aliphatic carbocycles. The van der Waals surface area contributed by atoms with Crippen LogP contribution in [0.1, 0.15) is 28.9 Å². The smallest absolute Gasteiger partial charge is 0.337 e. The third-order valence-electron chi connectivity index (χ3n) is 3.81. The van der Waals surface area contributed by atoms with Crippen molar-refractivity contribution in [3.8, 4) is 11.5 Å². The number of esters is 1. The Hall–Kier alpha value is -3.22. The molecule has 0 bridgehead atoms. The Bertz CT molecular complexity index is 789. The van der Waals surface area contributed by atoms with Gasteiger partial charge in [-0.15, -0.1) is 0 Å². The van der Waals surface area contributed by atoms with Gasteiger partial charge >= 0.3 is 12.0 Å². The van der Waals surface area contributed by atoms with Gasteiger partial charge < -0.3 is 24.8 Å². The molecule has 2 aromatic rings. The zero-order valence-electron chi connectivity index (χ0n) is 13.9. The summed E-state index contributed by atoms with van der Waals surface area (Å²) in [6.07, 6.45) is 0. The normalized spacial score (nSPS) is 13.0. The van der Waals surface area contributed by atoms with E-state index in [0.717, 1.165) is 5.56 Å². The van der Waals surface area contributed by atoms with Crippen molar-refractivity contribution in [2.75, 3.05) is 19.2 Å². The quantitative estimate of drug-likeness (QED) is 0.834. The van der Waals surface area contributed by atoms with Crippen molar-refractivity contribution in [3.05, 3.63) is 53.6 Å². The van der Waals surface area contributed by atoms with E-state index in [1.807, 2.05) is 25.1 Å². The predicted octanol–water partition coefficient (Wildman–Crippen LogP) is 3.08. The number of urea groups is 1. The van der Waals surface area contributed by atoms with E-state index in [1.54, 1.807) is 24.3 Å². The third-order valence-corrected chi connectivity index (χ3v) is 3.81. The van der Waals surface area contributed by atoms with Crippen LogP contribution >= 0.6 is 0 Å². The van der Waals surface area contributed by atoms with Crippen molar-refractivity contribution in [2.24, 2.45) is 0 Å².